The molecule has 128 valence electrons. The topological polar surface area (TPSA) is 95.5 Å². The summed E-state index contributed by atoms with van der Waals surface area (Å²) in [6, 6.07) is 10.8. The third-order valence-corrected chi connectivity index (χ3v) is 3.52. The molecule has 25 heavy (non-hydrogen) atoms. The van der Waals surface area contributed by atoms with Crippen molar-refractivity contribution in [3.8, 4) is 0 Å². The van der Waals surface area contributed by atoms with Crippen molar-refractivity contribution in [3.63, 3.8) is 0 Å². The third kappa shape index (κ3) is 5.63. The third-order valence-electron chi connectivity index (χ3n) is 2.97. The fraction of sp³-hybridized carbons (Fsp3) is 0. The Kier molecular flexibility index (Phi) is 6.16. The summed E-state index contributed by atoms with van der Waals surface area (Å²) in [6.45, 7) is 0. The minimum atomic E-state index is -1.22. The number of anilines is 2. The van der Waals surface area contributed by atoms with Crippen LogP contribution in [0.5, 0.6) is 0 Å². The van der Waals surface area contributed by atoms with E-state index in [9.17, 15) is 14.4 Å². The van der Waals surface area contributed by atoms with Crippen LogP contribution in [0.4, 0.5) is 11.4 Å². The molecule has 0 radical (unpaired) electrons. The summed E-state index contributed by atoms with van der Waals surface area (Å²) in [6.07, 6.45) is 1.62. The highest BCUT2D eigenvalue weighted by Gasteiger charge is 2.09. The molecule has 2 rings (SSSR count). The van der Waals surface area contributed by atoms with Gasteiger partial charge in [-0.05, 0) is 42.5 Å². The number of aliphatic carboxylic acids is 1. The Morgan fingerprint density at radius 2 is 1.60 bits per heavy atom. The van der Waals surface area contributed by atoms with Gasteiger partial charge in [-0.1, -0.05) is 23.2 Å². The van der Waals surface area contributed by atoms with Crippen molar-refractivity contribution in [2.75, 3.05) is 10.6 Å². The van der Waals surface area contributed by atoms with Gasteiger partial charge in [0, 0.05) is 28.4 Å². The predicted octanol–water partition coefficient (Wildman–Crippen LogP) is 3.83. The van der Waals surface area contributed by atoms with Gasteiger partial charge in [0.1, 0.15) is 0 Å². The molecule has 0 spiro atoms. The molecule has 0 heterocycles. The van der Waals surface area contributed by atoms with Gasteiger partial charge < -0.3 is 15.7 Å². The first-order valence-electron chi connectivity index (χ1n) is 6.93. The number of carboxylic acid groups (broad SMARTS) is 1. The molecule has 8 heteroatoms. The Morgan fingerprint density at radius 1 is 0.920 bits per heavy atom. The first kappa shape index (κ1) is 18.5. The number of amides is 2. The minimum Gasteiger partial charge on any atom is -0.478 e. The van der Waals surface area contributed by atoms with E-state index in [2.05, 4.69) is 10.6 Å². The number of carboxylic acids is 1. The molecular formula is C17H12Cl2N2O4. The predicted molar refractivity (Wildman–Crippen MR) is 96.3 cm³/mol. The fourth-order valence-electron chi connectivity index (χ4n) is 1.82. The molecule has 0 fully saturated rings. The quantitative estimate of drug-likeness (QED) is 0.688. The van der Waals surface area contributed by atoms with E-state index in [1.54, 1.807) is 12.1 Å². The average Bonchev–Trinajstić information content (AvgIpc) is 2.56. The lowest BCUT2D eigenvalue weighted by molar-refractivity contribution is -0.131. The maximum Gasteiger partial charge on any atom is 0.328 e. The number of carbonyl (C=O) groups is 3. The molecule has 0 aliphatic carbocycles. The maximum absolute atomic E-state index is 12.2. The van der Waals surface area contributed by atoms with Gasteiger partial charge in [-0.25, -0.2) is 4.79 Å². The Hall–Kier alpha value is -2.83. The molecule has 0 aromatic heterocycles. The standard InChI is InChI=1S/C17H12Cl2N2O4/c18-11-3-6-14(13(19)9-11)21-17(25)10-1-4-12(5-2-10)20-15(22)7-8-16(23)24/h1-9H,(H,20,22)(H,21,25)(H,23,24). The lowest BCUT2D eigenvalue weighted by Gasteiger charge is -2.08. The number of carbonyl (C=O) groups excluding carboxylic acids is 2. The molecule has 0 aliphatic rings. The van der Waals surface area contributed by atoms with Gasteiger partial charge in [-0.15, -0.1) is 0 Å². The average molecular weight is 379 g/mol. The Bertz CT molecular complexity index is 848. The lowest BCUT2D eigenvalue weighted by Crippen LogP contribution is -2.13. The summed E-state index contributed by atoms with van der Waals surface area (Å²) >= 11 is 11.8. The van der Waals surface area contributed by atoms with Crippen LogP contribution in [0.1, 0.15) is 10.4 Å². The highest BCUT2D eigenvalue weighted by atomic mass is 35.5. The monoisotopic (exact) mass is 378 g/mol. The SMILES string of the molecule is O=C(O)C=CC(=O)Nc1ccc(C(=O)Nc2ccc(Cl)cc2Cl)cc1. The number of halogens is 2. The van der Waals surface area contributed by atoms with E-state index in [1.165, 1.54) is 30.3 Å². The van der Waals surface area contributed by atoms with Crippen molar-refractivity contribution < 1.29 is 19.5 Å². The van der Waals surface area contributed by atoms with Crippen molar-refractivity contribution in [3.05, 3.63) is 70.2 Å². The van der Waals surface area contributed by atoms with Crippen molar-refractivity contribution in [2.45, 2.75) is 0 Å². The van der Waals surface area contributed by atoms with E-state index >= 15 is 0 Å². The van der Waals surface area contributed by atoms with E-state index in [0.717, 1.165) is 12.2 Å². The fourth-order valence-corrected chi connectivity index (χ4v) is 2.28. The van der Waals surface area contributed by atoms with E-state index < -0.39 is 11.9 Å². The summed E-state index contributed by atoms with van der Waals surface area (Å²) in [5, 5.41) is 14.4. The summed E-state index contributed by atoms with van der Waals surface area (Å²) in [4.78, 5) is 34.0. The number of rotatable bonds is 5. The van der Waals surface area contributed by atoms with Gasteiger partial charge in [0.25, 0.3) is 5.91 Å². The molecule has 6 nitrogen and oxygen atoms in total. The first-order valence-corrected chi connectivity index (χ1v) is 7.69. The number of benzene rings is 2. The van der Waals surface area contributed by atoms with Crippen molar-refractivity contribution >= 4 is 52.4 Å². The molecule has 0 bridgehead atoms. The second kappa shape index (κ2) is 8.32. The number of hydrogen-bond acceptors (Lipinski definition) is 3. The smallest absolute Gasteiger partial charge is 0.328 e. The molecule has 0 unspecified atom stereocenters. The minimum absolute atomic E-state index is 0.315. The molecule has 2 aromatic carbocycles. The largest absolute Gasteiger partial charge is 0.478 e. The number of hydrogen-bond donors (Lipinski definition) is 3. The Labute approximate surface area is 153 Å². The van der Waals surface area contributed by atoms with Gasteiger partial charge in [-0.3, -0.25) is 9.59 Å². The van der Waals surface area contributed by atoms with Crippen LogP contribution in [0.25, 0.3) is 0 Å². The van der Waals surface area contributed by atoms with Crippen molar-refractivity contribution in [1.82, 2.24) is 0 Å². The molecule has 2 amide bonds. The van der Waals surface area contributed by atoms with Crippen molar-refractivity contribution in [1.29, 1.82) is 0 Å². The summed E-state index contributed by atoms with van der Waals surface area (Å²) < 4.78 is 0. The first-order chi connectivity index (χ1) is 11.8. The van der Waals surface area contributed by atoms with Gasteiger partial charge >= 0.3 is 5.97 Å². The zero-order valence-corrected chi connectivity index (χ0v) is 14.1. The zero-order chi connectivity index (χ0) is 18.4. The highest BCUT2D eigenvalue weighted by molar-refractivity contribution is 6.36. The van der Waals surface area contributed by atoms with Gasteiger partial charge in [0.15, 0.2) is 0 Å². The Balaban J connectivity index is 2.02. The van der Waals surface area contributed by atoms with Gasteiger partial charge in [0.05, 0.1) is 10.7 Å². The molecular weight excluding hydrogens is 367 g/mol. The van der Waals surface area contributed by atoms with E-state index in [4.69, 9.17) is 28.3 Å². The van der Waals surface area contributed by atoms with Crippen LogP contribution >= 0.6 is 23.2 Å². The molecule has 0 saturated heterocycles. The van der Waals surface area contributed by atoms with Crippen LogP contribution < -0.4 is 10.6 Å². The molecule has 3 N–H and O–H groups in total. The van der Waals surface area contributed by atoms with Crippen LogP contribution in [0.2, 0.25) is 10.0 Å². The second-order valence-electron chi connectivity index (χ2n) is 4.82. The molecule has 0 atom stereocenters. The maximum atomic E-state index is 12.2. The van der Waals surface area contributed by atoms with Crippen LogP contribution in [-0.4, -0.2) is 22.9 Å². The van der Waals surface area contributed by atoms with Gasteiger partial charge in [-0.2, -0.15) is 0 Å². The number of nitrogens with one attached hydrogen (secondary N) is 2. The highest BCUT2D eigenvalue weighted by Crippen LogP contribution is 2.25. The van der Waals surface area contributed by atoms with Crippen LogP contribution in [0.15, 0.2) is 54.6 Å². The summed E-state index contributed by atoms with van der Waals surface area (Å²) in [7, 11) is 0. The lowest BCUT2D eigenvalue weighted by atomic mass is 10.2. The van der Waals surface area contributed by atoms with Crippen LogP contribution in [0.3, 0.4) is 0 Å². The zero-order valence-electron chi connectivity index (χ0n) is 12.6. The molecule has 2 aromatic rings. The molecule has 0 saturated carbocycles. The Morgan fingerprint density at radius 3 is 2.20 bits per heavy atom. The normalized spacial score (nSPS) is 10.5. The van der Waals surface area contributed by atoms with E-state index in [0.29, 0.717) is 27.0 Å². The van der Waals surface area contributed by atoms with E-state index in [-0.39, 0.29) is 5.91 Å². The van der Waals surface area contributed by atoms with Crippen LogP contribution in [-0.2, 0) is 9.59 Å². The summed E-state index contributed by atoms with van der Waals surface area (Å²) in [5.74, 6) is -2.19. The second-order valence-corrected chi connectivity index (χ2v) is 5.66. The van der Waals surface area contributed by atoms with E-state index in [1.807, 2.05) is 0 Å². The molecule has 0 aliphatic heterocycles. The summed E-state index contributed by atoms with van der Waals surface area (Å²) in [5.41, 5.74) is 1.19. The van der Waals surface area contributed by atoms with Crippen LogP contribution in [0, 0.1) is 0 Å². The van der Waals surface area contributed by atoms with Crippen molar-refractivity contribution in [2.24, 2.45) is 0 Å². The van der Waals surface area contributed by atoms with Gasteiger partial charge in [0.2, 0.25) is 5.91 Å².